The lowest BCUT2D eigenvalue weighted by Crippen LogP contribution is -2.30. The molecule has 0 unspecified atom stereocenters. The third-order valence-corrected chi connectivity index (χ3v) is 4.85. The van der Waals surface area contributed by atoms with E-state index >= 15 is 0 Å². The lowest BCUT2D eigenvalue weighted by molar-refractivity contribution is -0.132. The third-order valence-electron chi connectivity index (χ3n) is 4.11. The van der Waals surface area contributed by atoms with Crippen molar-refractivity contribution in [3.8, 4) is 5.75 Å². The van der Waals surface area contributed by atoms with Gasteiger partial charge in [0, 0.05) is 31.1 Å². The van der Waals surface area contributed by atoms with Crippen LogP contribution in [0.25, 0.3) is 11.0 Å². The van der Waals surface area contributed by atoms with Crippen molar-refractivity contribution in [2.24, 2.45) is 0 Å². The minimum atomic E-state index is -0.422. The normalized spacial score (nSPS) is 10.8. The van der Waals surface area contributed by atoms with Gasteiger partial charge in [-0.15, -0.1) is 0 Å². The van der Waals surface area contributed by atoms with E-state index in [1.165, 1.54) is 11.0 Å². The molecule has 0 aliphatic rings. The van der Waals surface area contributed by atoms with E-state index in [1.54, 1.807) is 37.4 Å². The van der Waals surface area contributed by atoms with Gasteiger partial charge in [0.15, 0.2) is 6.61 Å². The van der Waals surface area contributed by atoms with Crippen molar-refractivity contribution in [3.63, 3.8) is 0 Å². The second-order valence-electron chi connectivity index (χ2n) is 6.19. The highest BCUT2D eigenvalue weighted by Gasteiger charge is 2.12. The number of halogens is 2. The molecule has 0 atom stereocenters. The molecule has 140 valence electrons. The van der Waals surface area contributed by atoms with Gasteiger partial charge in [0.2, 0.25) is 0 Å². The van der Waals surface area contributed by atoms with Crippen LogP contribution in [-0.2, 0) is 11.3 Å². The van der Waals surface area contributed by atoms with Crippen molar-refractivity contribution >= 4 is 40.1 Å². The first kappa shape index (κ1) is 19.3. The van der Waals surface area contributed by atoms with Crippen LogP contribution in [0, 0.1) is 6.92 Å². The fourth-order valence-corrected chi connectivity index (χ4v) is 2.97. The Kier molecular flexibility index (Phi) is 5.73. The number of nitrogens with zero attached hydrogens (tertiary/aromatic N) is 1. The number of likely N-dealkylation sites (N-methyl/N-ethyl adjacent to an activating group) is 1. The van der Waals surface area contributed by atoms with Crippen LogP contribution in [0.15, 0.2) is 51.7 Å². The van der Waals surface area contributed by atoms with Gasteiger partial charge in [0.05, 0.1) is 10.0 Å². The minimum absolute atomic E-state index is 0.140. The summed E-state index contributed by atoms with van der Waals surface area (Å²) in [6.45, 7) is 2.07. The molecular weight excluding hydrogens is 389 g/mol. The van der Waals surface area contributed by atoms with Crippen LogP contribution >= 0.6 is 23.2 Å². The van der Waals surface area contributed by atoms with Crippen LogP contribution < -0.4 is 10.4 Å². The van der Waals surface area contributed by atoms with E-state index in [0.29, 0.717) is 27.9 Å². The number of aryl methyl sites for hydroxylation is 1. The minimum Gasteiger partial charge on any atom is -0.484 e. The monoisotopic (exact) mass is 405 g/mol. The van der Waals surface area contributed by atoms with E-state index in [1.807, 2.05) is 13.0 Å². The van der Waals surface area contributed by atoms with Gasteiger partial charge < -0.3 is 14.1 Å². The summed E-state index contributed by atoms with van der Waals surface area (Å²) in [6, 6.07) is 11.8. The van der Waals surface area contributed by atoms with Gasteiger partial charge in [-0.05, 0) is 42.3 Å². The van der Waals surface area contributed by atoms with E-state index in [9.17, 15) is 9.59 Å². The number of carbonyl (C=O) groups excluding carboxylic acids is 1. The Morgan fingerprint density at radius 3 is 2.63 bits per heavy atom. The van der Waals surface area contributed by atoms with Crippen LogP contribution in [0.4, 0.5) is 0 Å². The highest BCUT2D eigenvalue weighted by Crippen LogP contribution is 2.24. The molecule has 1 amide bonds. The molecule has 2 aromatic carbocycles. The molecule has 1 heterocycles. The van der Waals surface area contributed by atoms with Gasteiger partial charge in [-0.2, -0.15) is 0 Å². The summed E-state index contributed by atoms with van der Waals surface area (Å²) >= 11 is 11.9. The van der Waals surface area contributed by atoms with Gasteiger partial charge in [-0.3, -0.25) is 4.79 Å². The fourth-order valence-electron chi connectivity index (χ4n) is 2.65. The number of amides is 1. The summed E-state index contributed by atoms with van der Waals surface area (Å²) in [5.74, 6) is 0.249. The maximum Gasteiger partial charge on any atom is 0.336 e. The Bertz CT molecular complexity index is 1060. The second-order valence-corrected chi connectivity index (χ2v) is 7.01. The summed E-state index contributed by atoms with van der Waals surface area (Å²) in [5.41, 5.74) is 1.69. The van der Waals surface area contributed by atoms with Gasteiger partial charge in [-0.25, -0.2) is 4.79 Å². The topological polar surface area (TPSA) is 59.8 Å². The largest absolute Gasteiger partial charge is 0.484 e. The summed E-state index contributed by atoms with van der Waals surface area (Å²) < 4.78 is 10.7. The number of hydrogen-bond donors (Lipinski definition) is 0. The third kappa shape index (κ3) is 4.62. The molecule has 27 heavy (non-hydrogen) atoms. The van der Waals surface area contributed by atoms with E-state index < -0.39 is 5.63 Å². The van der Waals surface area contributed by atoms with Crippen molar-refractivity contribution in [2.75, 3.05) is 13.7 Å². The maximum atomic E-state index is 12.3. The highest BCUT2D eigenvalue weighted by atomic mass is 35.5. The number of hydrogen-bond acceptors (Lipinski definition) is 4. The van der Waals surface area contributed by atoms with Crippen LogP contribution in [0.5, 0.6) is 5.75 Å². The average molecular weight is 406 g/mol. The van der Waals surface area contributed by atoms with Gasteiger partial charge in [0.25, 0.3) is 5.91 Å². The van der Waals surface area contributed by atoms with Gasteiger partial charge in [0.1, 0.15) is 11.3 Å². The van der Waals surface area contributed by atoms with Crippen molar-refractivity contribution in [3.05, 3.63) is 74.1 Å². The van der Waals surface area contributed by atoms with E-state index in [0.717, 1.165) is 16.5 Å². The SMILES string of the molecule is Cc1cc(=O)oc2cc(OCC(=O)N(C)Cc3ccc(Cl)c(Cl)c3)ccc12. The molecule has 3 rings (SSSR count). The zero-order valence-electron chi connectivity index (χ0n) is 14.8. The van der Waals surface area contributed by atoms with Crippen molar-refractivity contribution in [1.29, 1.82) is 0 Å². The Balaban J connectivity index is 1.65. The first-order valence-corrected chi connectivity index (χ1v) is 8.94. The first-order chi connectivity index (χ1) is 12.8. The molecule has 0 bridgehead atoms. The van der Waals surface area contributed by atoms with Crippen molar-refractivity contribution in [1.82, 2.24) is 4.90 Å². The maximum absolute atomic E-state index is 12.3. The molecule has 0 saturated carbocycles. The molecule has 0 aliphatic heterocycles. The molecule has 0 spiro atoms. The van der Waals surface area contributed by atoms with Gasteiger partial charge >= 0.3 is 5.63 Å². The summed E-state index contributed by atoms with van der Waals surface area (Å²) in [7, 11) is 1.68. The molecule has 5 nitrogen and oxygen atoms in total. The summed E-state index contributed by atoms with van der Waals surface area (Å²) in [4.78, 5) is 25.3. The fraction of sp³-hybridized carbons (Fsp3) is 0.200. The zero-order chi connectivity index (χ0) is 19.6. The second kappa shape index (κ2) is 8.03. The summed E-state index contributed by atoms with van der Waals surface area (Å²) in [6.07, 6.45) is 0. The van der Waals surface area contributed by atoms with Crippen LogP contribution in [0.3, 0.4) is 0 Å². The predicted molar refractivity (Wildman–Crippen MR) is 106 cm³/mol. The van der Waals surface area contributed by atoms with Crippen LogP contribution in [0.1, 0.15) is 11.1 Å². The number of fused-ring (bicyclic) bond motifs is 1. The van der Waals surface area contributed by atoms with E-state index in [-0.39, 0.29) is 12.5 Å². The lowest BCUT2D eigenvalue weighted by Gasteiger charge is -2.18. The lowest BCUT2D eigenvalue weighted by atomic mass is 10.1. The quantitative estimate of drug-likeness (QED) is 0.588. The molecule has 0 aliphatic carbocycles. The molecule has 0 N–H and O–H groups in total. The highest BCUT2D eigenvalue weighted by molar-refractivity contribution is 6.42. The van der Waals surface area contributed by atoms with Crippen molar-refractivity contribution < 1.29 is 13.9 Å². The molecule has 0 saturated heterocycles. The van der Waals surface area contributed by atoms with Crippen molar-refractivity contribution in [2.45, 2.75) is 13.5 Å². The molecule has 0 radical (unpaired) electrons. The average Bonchev–Trinajstić information content (AvgIpc) is 2.62. The van der Waals surface area contributed by atoms with E-state index in [4.69, 9.17) is 32.4 Å². The number of ether oxygens (including phenoxy) is 1. The Morgan fingerprint density at radius 2 is 1.89 bits per heavy atom. The van der Waals surface area contributed by atoms with E-state index in [2.05, 4.69) is 0 Å². The van der Waals surface area contributed by atoms with Crippen LogP contribution in [-0.4, -0.2) is 24.5 Å². The summed E-state index contributed by atoms with van der Waals surface area (Å²) in [5, 5.41) is 1.74. The smallest absolute Gasteiger partial charge is 0.336 e. The van der Waals surface area contributed by atoms with Gasteiger partial charge in [-0.1, -0.05) is 29.3 Å². The standard InChI is InChI=1S/C20H17Cl2NO4/c1-12-7-20(25)27-18-9-14(4-5-15(12)18)26-11-19(24)23(2)10-13-3-6-16(21)17(22)8-13/h3-9H,10-11H2,1-2H3. The molecule has 3 aromatic rings. The molecule has 7 heteroatoms. The zero-order valence-corrected chi connectivity index (χ0v) is 16.3. The Labute approximate surface area is 166 Å². The first-order valence-electron chi connectivity index (χ1n) is 8.18. The molecular formula is C20H17Cl2NO4. The Morgan fingerprint density at radius 1 is 1.11 bits per heavy atom. The predicted octanol–water partition coefficient (Wildman–Crippen LogP) is 4.45. The molecule has 0 fully saturated rings. The number of carbonyl (C=O) groups is 1. The number of benzene rings is 2. The molecule has 1 aromatic heterocycles. The van der Waals surface area contributed by atoms with Crippen LogP contribution in [0.2, 0.25) is 10.0 Å². The number of rotatable bonds is 5. The Hall–Kier alpha value is -2.50.